The molecule has 0 spiro atoms. The van der Waals surface area contributed by atoms with E-state index in [0.29, 0.717) is 38.5 Å². The second-order valence-corrected chi connectivity index (χ2v) is 20.5. The number of hydrogen-bond acceptors (Lipinski definition) is 13. The number of carbonyl (C=O) groups is 3. The zero-order chi connectivity index (χ0) is 42.7. The molecule has 0 aromatic heterocycles. The number of rotatable bonds is 8. The summed E-state index contributed by atoms with van der Waals surface area (Å²) in [4.78, 5) is 39.2. The lowest BCUT2D eigenvalue weighted by molar-refractivity contribution is -0.363. The van der Waals surface area contributed by atoms with Gasteiger partial charge in [-0.3, -0.25) is 9.59 Å². The average Bonchev–Trinajstić information content (AvgIpc) is 3.15. The van der Waals surface area contributed by atoms with Crippen LogP contribution in [0.1, 0.15) is 106 Å². The molecule has 0 aromatic carbocycles. The van der Waals surface area contributed by atoms with Crippen molar-refractivity contribution in [3.8, 4) is 0 Å². The van der Waals surface area contributed by atoms with Crippen molar-refractivity contribution in [3.05, 3.63) is 11.6 Å². The highest BCUT2D eigenvalue weighted by Crippen LogP contribution is 2.76. The maximum atomic E-state index is 13.6. The highest BCUT2D eigenvalue weighted by atomic mass is 16.7. The Labute approximate surface area is 338 Å². The maximum absolute atomic E-state index is 13.6. The number of fused-ring (bicyclic) bond motifs is 7. The summed E-state index contributed by atoms with van der Waals surface area (Å²) in [5.74, 6) is -3.88. The molecule has 5 aliphatic carbocycles. The predicted molar refractivity (Wildman–Crippen MR) is 200 cm³/mol. The van der Waals surface area contributed by atoms with Gasteiger partial charge in [0.2, 0.25) is 0 Å². The highest BCUT2D eigenvalue weighted by molar-refractivity contribution is 5.77. The van der Waals surface area contributed by atoms with Crippen LogP contribution in [-0.4, -0.2) is 138 Å². The third-order valence-electron chi connectivity index (χ3n) is 17.4. The number of aliphatic hydroxyl groups is 6. The monoisotopic (exact) mass is 824 g/mol. The van der Waals surface area contributed by atoms with Crippen molar-refractivity contribution in [2.75, 3.05) is 6.61 Å². The topological polar surface area (TPSA) is 270 Å². The Morgan fingerprint density at radius 2 is 1.36 bits per heavy atom. The number of carboxylic acid groups (broad SMARTS) is 3. The minimum atomic E-state index is -2.03. The summed E-state index contributed by atoms with van der Waals surface area (Å²) in [6.07, 6.45) is -10.8. The fourth-order valence-corrected chi connectivity index (χ4v) is 13.6. The van der Waals surface area contributed by atoms with Gasteiger partial charge in [0, 0.05) is 0 Å². The van der Waals surface area contributed by atoms with E-state index in [-0.39, 0.29) is 34.5 Å². The van der Waals surface area contributed by atoms with Crippen LogP contribution in [0.3, 0.4) is 0 Å². The van der Waals surface area contributed by atoms with Crippen molar-refractivity contribution >= 4 is 17.9 Å². The van der Waals surface area contributed by atoms with Gasteiger partial charge in [-0.05, 0) is 111 Å². The van der Waals surface area contributed by atoms with Gasteiger partial charge in [-0.25, -0.2) is 4.79 Å². The third-order valence-corrected chi connectivity index (χ3v) is 17.4. The lowest BCUT2D eigenvalue weighted by Crippen LogP contribution is -2.68. The molecule has 9 N–H and O–H groups in total. The average molecular weight is 825 g/mol. The number of aliphatic carboxylic acids is 3. The molecular weight excluding hydrogens is 760 g/mol. The van der Waals surface area contributed by atoms with E-state index in [1.807, 2.05) is 0 Å². The number of ether oxygens (including phenoxy) is 4. The van der Waals surface area contributed by atoms with E-state index in [2.05, 4.69) is 40.7 Å². The number of hydrogen-bond donors (Lipinski definition) is 9. The molecule has 16 heteroatoms. The summed E-state index contributed by atoms with van der Waals surface area (Å²) in [7, 11) is 0. The second-order valence-electron chi connectivity index (χ2n) is 20.5. The fourth-order valence-electron chi connectivity index (χ4n) is 13.6. The van der Waals surface area contributed by atoms with E-state index in [1.165, 1.54) is 5.57 Å². The van der Waals surface area contributed by atoms with E-state index in [1.54, 1.807) is 6.92 Å². The van der Waals surface area contributed by atoms with E-state index >= 15 is 0 Å². The number of allylic oxidation sites excluding steroid dienone is 2. The Morgan fingerprint density at radius 1 is 0.724 bits per heavy atom. The third kappa shape index (κ3) is 6.25. The summed E-state index contributed by atoms with van der Waals surface area (Å²) in [6.45, 7) is 12.1. The lowest BCUT2D eigenvalue weighted by atomic mass is 9.33. The molecule has 0 bridgehead atoms. The molecule has 58 heavy (non-hydrogen) atoms. The van der Waals surface area contributed by atoms with Crippen LogP contribution in [0.15, 0.2) is 11.6 Å². The van der Waals surface area contributed by atoms with Gasteiger partial charge in [0.15, 0.2) is 18.7 Å². The standard InChI is InChI=1S/C42H64O16/c1-37(2)13-15-42(36(53)54)16-14-39(4)19(20(42)17-37)7-8-22-38(3)11-10-24(41(6,35(51)52)23(38)9-12-40(22,39)5)56-34-29(48)27(46)30(31(58-34)32(49)50)57-33-28(47)26(45)25(44)21(18-43)55-33/h7,20-31,33-34,43-48H,8-18H2,1-6H3,(H,49,50)(H,51,52)(H,53,54)/t20-,21+,22+,23+,24-,25+,26-,27+,28+,29+,30-,31-,33-,34+,38+,39+,40+,41-,42-/m0/s1. The van der Waals surface area contributed by atoms with Crippen molar-refractivity contribution in [1.29, 1.82) is 0 Å². The molecule has 2 saturated heterocycles. The van der Waals surface area contributed by atoms with Gasteiger partial charge in [-0.1, -0.05) is 46.3 Å². The maximum Gasteiger partial charge on any atom is 0.335 e. The summed E-state index contributed by atoms with van der Waals surface area (Å²) in [5, 5.41) is 94.9. The molecule has 2 heterocycles. The van der Waals surface area contributed by atoms with Crippen molar-refractivity contribution < 1.29 is 79.3 Å². The fraction of sp³-hybridized carbons (Fsp3) is 0.881. The first-order chi connectivity index (χ1) is 26.9. The molecule has 0 aromatic rings. The Morgan fingerprint density at radius 3 is 1.98 bits per heavy atom. The van der Waals surface area contributed by atoms with Crippen molar-refractivity contribution in [1.82, 2.24) is 0 Å². The Balaban J connectivity index is 1.14. The molecule has 19 atom stereocenters. The van der Waals surface area contributed by atoms with Crippen molar-refractivity contribution in [2.24, 2.45) is 50.2 Å². The molecule has 4 saturated carbocycles. The molecule has 7 aliphatic rings. The lowest BCUT2D eigenvalue weighted by Gasteiger charge is -2.71. The SMILES string of the molecule is CC1(C)CC[C@]2(C(=O)O)CC[C@]3(C)C(=CC[C@@H]4[C@@]5(C)CC[C@H](O[C@@H]6O[C@H](C(=O)O)[C@@H](O[C@@H]7O[C@H](CO)[C@@H](O)[C@H](O)[C@H]7O)[C@H](O)[C@H]6O)[C@@](C)(C(=O)O)[C@@H]5CC[C@]43C)[C@@H]2C1. The largest absolute Gasteiger partial charge is 0.481 e. The smallest absolute Gasteiger partial charge is 0.335 e. The van der Waals surface area contributed by atoms with Crippen molar-refractivity contribution in [2.45, 2.75) is 173 Å². The predicted octanol–water partition coefficient (Wildman–Crippen LogP) is 2.04. The zero-order valence-corrected chi connectivity index (χ0v) is 34.3. The second kappa shape index (κ2) is 14.7. The normalized spacial score (nSPS) is 52.5. The minimum absolute atomic E-state index is 0.0141. The van der Waals surface area contributed by atoms with Crippen LogP contribution < -0.4 is 0 Å². The molecule has 328 valence electrons. The first kappa shape index (κ1) is 43.8. The van der Waals surface area contributed by atoms with E-state index in [9.17, 15) is 60.3 Å². The van der Waals surface area contributed by atoms with Crippen molar-refractivity contribution in [3.63, 3.8) is 0 Å². The minimum Gasteiger partial charge on any atom is -0.481 e. The molecule has 0 radical (unpaired) electrons. The molecular formula is C42H64O16. The van der Waals surface area contributed by atoms with Crippen LogP contribution in [0.2, 0.25) is 0 Å². The van der Waals surface area contributed by atoms with Gasteiger partial charge in [0.05, 0.1) is 23.5 Å². The molecule has 0 unspecified atom stereocenters. The first-order valence-electron chi connectivity index (χ1n) is 21.0. The molecule has 6 fully saturated rings. The number of aliphatic hydroxyl groups excluding tert-OH is 6. The van der Waals surface area contributed by atoms with E-state index in [4.69, 9.17) is 18.9 Å². The van der Waals surface area contributed by atoms with Gasteiger partial charge in [0.1, 0.15) is 42.7 Å². The van der Waals surface area contributed by atoms with Crippen LogP contribution in [0.5, 0.6) is 0 Å². The quantitative estimate of drug-likeness (QED) is 0.125. The highest BCUT2D eigenvalue weighted by Gasteiger charge is 2.71. The molecule has 2 aliphatic heterocycles. The van der Waals surface area contributed by atoms with Gasteiger partial charge >= 0.3 is 17.9 Å². The molecule has 7 rings (SSSR count). The Bertz CT molecular complexity index is 1670. The molecule has 16 nitrogen and oxygen atoms in total. The van der Waals surface area contributed by atoms with Crippen LogP contribution in [0.25, 0.3) is 0 Å². The van der Waals surface area contributed by atoms with Crippen LogP contribution in [0, 0.1) is 50.2 Å². The Hall–Kier alpha value is -2.25. The van der Waals surface area contributed by atoms with E-state index in [0.717, 1.165) is 19.3 Å². The number of carboxylic acids is 3. The van der Waals surface area contributed by atoms with Crippen LogP contribution >= 0.6 is 0 Å². The summed E-state index contributed by atoms with van der Waals surface area (Å²) >= 11 is 0. The van der Waals surface area contributed by atoms with Gasteiger partial charge in [-0.15, -0.1) is 0 Å². The van der Waals surface area contributed by atoms with Crippen LogP contribution in [-0.2, 0) is 33.3 Å². The summed E-state index contributed by atoms with van der Waals surface area (Å²) in [6, 6.07) is 0. The van der Waals surface area contributed by atoms with Gasteiger partial charge in [0.25, 0.3) is 0 Å². The summed E-state index contributed by atoms with van der Waals surface area (Å²) in [5.41, 5.74) is -2.07. The van der Waals surface area contributed by atoms with E-state index < -0.39 is 114 Å². The zero-order valence-electron chi connectivity index (χ0n) is 34.3. The molecule has 0 amide bonds. The first-order valence-corrected chi connectivity index (χ1v) is 21.0. The Kier molecular flexibility index (Phi) is 11.1. The van der Waals surface area contributed by atoms with Crippen LogP contribution in [0.4, 0.5) is 0 Å². The van der Waals surface area contributed by atoms with Gasteiger partial charge < -0.3 is 64.9 Å². The summed E-state index contributed by atoms with van der Waals surface area (Å²) < 4.78 is 22.9. The van der Waals surface area contributed by atoms with Gasteiger partial charge in [-0.2, -0.15) is 0 Å².